The van der Waals surface area contributed by atoms with Gasteiger partial charge in [0.15, 0.2) is 12.4 Å². The van der Waals surface area contributed by atoms with E-state index < -0.39 is 44.0 Å². The molecule has 0 N–H and O–H groups in total. The number of nitro benzene ring substituents is 1. The van der Waals surface area contributed by atoms with Gasteiger partial charge in [-0.25, -0.2) is 17.2 Å². The van der Waals surface area contributed by atoms with Crippen molar-refractivity contribution < 1.29 is 31.7 Å². The van der Waals surface area contributed by atoms with Gasteiger partial charge in [0.05, 0.1) is 4.92 Å². The molecule has 1 heterocycles. The molecule has 1 aliphatic heterocycles. The van der Waals surface area contributed by atoms with Gasteiger partial charge in [-0.15, -0.1) is 0 Å². The van der Waals surface area contributed by atoms with Crippen LogP contribution in [0.25, 0.3) is 0 Å². The van der Waals surface area contributed by atoms with Gasteiger partial charge < -0.3 is 9.64 Å². The third-order valence-electron chi connectivity index (χ3n) is 4.52. The SMILES string of the molecule is O=C(COc1ccccc1[N+](=O)[O-])N1CCN(S(=O)(=O)c2cc(F)ccc2F)CC1. The number of piperazine rings is 1. The fourth-order valence-electron chi connectivity index (χ4n) is 2.95. The Morgan fingerprint density at radius 1 is 1.10 bits per heavy atom. The minimum Gasteiger partial charge on any atom is -0.477 e. The van der Waals surface area contributed by atoms with Crippen LogP contribution in [0.3, 0.4) is 0 Å². The molecule has 0 unspecified atom stereocenters. The van der Waals surface area contributed by atoms with E-state index in [4.69, 9.17) is 4.74 Å². The second kappa shape index (κ2) is 8.71. The van der Waals surface area contributed by atoms with Gasteiger partial charge in [0.1, 0.15) is 16.5 Å². The fourth-order valence-corrected chi connectivity index (χ4v) is 4.45. The van der Waals surface area contributed by atoms with Crippen molar-refractivity contribution in [2.24, 2.45) is 0 Å². The molecule has 1 amide bonds. The predicted molar refractivity (Wildman–Crippen MR) is 100 cm³/mol. The zero-order chi connectivity index (χ0) is 21.9. The number of halogens is 2. The molecular weight excluding hydrogens is 424 g/mol. The third kappa shape index (κ3) is 4.54. The molecule has 3 rings (SSSR count). The van der Waals surface area contributed by atoms with E-state index in [-0.39, 0.29) is 37.6 Å². The zero-order valence-electron chi connectivity index (χ0n) is 15.5. The number of hydrogen-bond donors (Lipinski definition) is 0. The molecule has 0 bridgehead atoms. The maximum absolute atomic E-state index is 13.9. The molecule has 0 radical (unpaired) electrons. The van der Waals surface area contributed by atoms with Gasteiger partial charge in [0, 0.05) is 32.2 Å². The highest BCUT2D eigenvalue weighted by atomic mass is 32.2. The van der Waals surface area contributed by atoms with Crippen molar-refractivity contribution in [1.82, 2.24) is 9.21 Å². The number of rotatable bonds is 6. The van der Waals surface area contributed by atoms with Crippen molar-refractivity contribution >= 4 is 21.6 Å². The number of sulfonamides is 1. The molecule has 1 aliphatic rings. The summed E-state index contributed by atoms with van der Waals surface area (Å²) in [5.74, 6) is -2.48. The van der Waals surface area contributed by atoms with E-state index in [9.17, 15) is 32.1 Å². The minimum absolute atomic E-state index is 0.00917. The molecule has 0 saturated carbocycles. The van der Waals surface area contributed by atoms with Crippen molar-refractivity contribution in [2.75, 3.05) is 32.8 Å². The lowest BCUT2D eigenvalue weighted by molar-refractivity contribution is -0.385. The molecule has 1 saturated heterocycles. The summed E-state index contributed by atoms with van der Waals surface area (Å²) < 4.78 is 58.6. The number of carbonyl (C=O) groups excluding carboxylic acids is 1. The Morgan fingerprint density at radius 2 is 1.77 bits per heavy atom. The summed E-state index contributed by atoms with van der Waals surface area (Å²) in [7, 11) is -4.26. The zero-order valence-corrected chi connectivity index (χ0v) is 16.3. The maximum atomic E-state index is 13.9. The van der Waals surface area contributed by atoms with Crippen LogP contribution in [-0.2, 0) is 14.8 Å². The molecule has 0 aliphatic carbocycles. The van der Waals surface area contributed by atoms with Gasteiger partial charge in [0.25, 0.3) is 5.91 Å². The Hall–Kier alpha value is -3.12. The summed E-state index contributed by atoms with van der Waals surface area (Å²) in [5, 5.41) is 11.0. The predicted octanol–water partition coefficient (Wildman–Crippen LogP) is 1.78. The van der Waals surface area contributed by atoms with E-state index in [1.807, 2.05) is 0 Å². The monoisotopic (exact) mass is 441 g/mol. The molecule has 0 spiro atoms. The Balaban J connectivity index is 1.61. The van der Waals surface area contributed by atoms with Crippen LogP contribution in [0.1, 0.15) is 0 Å². The van der Waals surface area contributed by atoms with Gasteiger partial charge in [-0.2, -0.15) is 4.31 Å². The van der Waals surface area contributed by atoms with Gasteiger partial charge in [-0.3, -0.25) is 14.9 Å². The molecule has 0 aromatic heterocycles. The number of carbonyl (C=O) groups is 1. The van der Waals surface area contributed by atoms with Crippen molar-refractivity contribution in [1.29, 1.82) is 0 Å². The van der Waals surface area contributed by atoms with Crippen LogP contribution in [0.4, 0.5) is 14.5 Å². The summed E-state index contributed by atoms with van der Waals surface area (Å²) >= 11 is 0. The average Bonchev–Trinajstić information content (AvgIpc) is 2.73. The summed E-state index contributed by atoms with van der Waals surface area (Å²) in [6.45, 7) is -0.675. The highest BCUT2D eigenvalue weighted by Gasteiger charge is 2.32. The molecule has 30 heavy (non-hydrogen) atoms. The van der Waals surface area contributed by atoms with Gasteiger partial charge in [0.2, 0.25) is 10.0 Å². The lowest BCUT2D eigenvalue weighted by Crippen LogP contribution is -2.51. The lowest BCUT2D eigenvalue weighted by atomic mass is 10.3. The first-order chi connectivity index (χ1) is 14.2. The Bertz CT molecular complexity index is 1070. The van der Waals surface area contributed by atoms with Crippen LogP contribution in [0.15, 0.2) is 47.4 Å². The first kappa shape index (κ1) is 21.6. The maximum Gasteiger partial charge on any atom is 0.310 e. The summed E-state index contributed by atoms with van der Waals surface area (Å²) in [6.07, 6.45) is 0. The number of amides is 1. The first-order valence-corrected chi connectivity index (χ1v) is 10.2. The van der Waals surface area contributed by atoms with Crippen LogP contribution in [0, 0.1) is 21.7 Å². The van der Waals surface area contributed by atoms with Crippen LogP contribution < -0.4 is 4.74 Å². The van der Waals surface area contributed by atoms with Crippen LogP contribution in [0.5, 0.6) is 5.75 Å². The number of para-hydroxylation sites is 2. The Kier molecular flexibility index (Phi) is 6.27. The fraction of sp³-hybridized carbons (Fsp3) is 0.278. The number of ether oxygens (including phenoxy) is 1. The van der Waals surface area contributed by atoms with Crippen LogP contribution in [-0.4, -0.2) is 61.2 Å². The van der Waals surface area contributed by atoms with E-state index in [1.54, 1.807) is 0 Å². The normalized spacial score (nSPS) is 15.1. The summed E-state index contributed by atoms with van der Waals surface area (Å²) in [5.41, 5.74) is -0.279. The largest absolute Gasteiger partial charge is 0.477 e. The lowest BCUT2D eigenvalue weighted by Gasteiger charge is -2.34. The van der Waals surface area contributed by atoms with Gasteiger partial charge in [-0.1, -0.05) is 12.1 Å². The quantitative estimate of drug-likeness (QED) is 0.499. The standard InChI is InChI=1S/C18H17F2N3O6S/c19-13-5-6-14(20)17(11-13)30(27,28)22-9-7-21(8-10-22)18(24)12-29-16-4-2-1-3-15(16)23(25)26/h1-6,11H,7-10,12H2. The second-order valence-corrected chi connectivity index (χ2v) is 8.28. The van der Waals surface area contributed by atoms with E-state index >= 15 is 0 Å². The topological polar surface area (TPSA) is 110 Å². The molecule has 0 atom stereocenters. The minimum atomic E-state index is -4.26. The van der Waals surface area contributed by atoms with Gasteiger partial charge in [-0.05, 0) is 24.3 Å². The van der Waals surface area contributed by atoms with Crippen molar-refractivity contribution in [3.8, 4) is 5.75 Å². The Labute approximate surface area is 170 Å². The smallest absolute Gasteiger partial charge is 0.310 e. The highest BCUT2D eigenvalue weighted by Crippen LogP contribution is 2.26. The van der Waals surface area contributed by atoms with E-state index in [1.165, 1.54) is 29.2 Å². The first-order valence-electron chi connectivity index (χ1n) is 8.79. The molecule has 2 aromatic carbocycles. The Morgan fingerprint density at radius 3 is 2.43 bits per heavy atom. The average molecular weight is 441 g/mol. The molecule has 1 fully saturated rings. The number of hydrogen-bond acceptors (Lipinski definition) is 6. The number of benzene rings is 2. The van der Waals surface area contributed by atoms with E-state index in [0.29, 0.717) is 6.07 Å². The van der Waals surface area contributed by atoms with Crippen molar-refractivity contribution in [2.45, 2.75) is 4.90 Å². The molecule has 12 heteroatoms. The molecule has 2 aromatic rings. The molecular formula is C18H17F2N3O6S. The highest BCUT2D eigenvalue weighted by molar-refractivity contribution is 7.89. The summed E-state index contributed by atoms with van der Waals surface area (Å²) in [6, 6.07) is 7.78. The summed E-state index contributed by atoms with van der Waals surface area (Å²) in [4.78, 5) is 23.3. The van der Waals surface area contributed by atoms with Crippen molar-refractivity contribution in [3.63, 3.8) is 0 Å². The molecule has 9 nitrogen and oxygen atoms in total. The second-order valence-electron chi connectivity index (χ2n) is 6.37. The number of nitro groups is 1. The van der Waals surface area contributed by atoms with E-state index in [2.05, 4.69) is 0 Å². The van der Waals surface area contributed by atoms with Crippen LogP contribution in [0.2, 0.25) is 0 Å². The van der Waals surface area contributed by atoms with Crippen LogP contribution >= 0.6 is 0 Å². The third-order valence-corrected chi connectivity index (χ3v) is 6.43. The molecule has 160 valence electrons. The van der Waals surface area contributed by atoms with Gasteiger partial charge >= 0.3 is 5.69 Å². The van der Waals surface area contributed by atoms with E-state index in [0.717, 1.165) is 16.4 Å². The number of nitrogens with zero attached hydrogens (tertiary/aromatic N) is 3. The van der Waals surface area contributed by atoms with Crippen molar-refractivity contribution in [3.05, 3.63) is 64.2 Å².